The van der Waals surface area contributed by atoms with Crippen molar-refractivity contribution in [2.75, 3.05) is 0 Å². The van der Waals surface area contributed by atoms with Crippen LogP contribution < -0.4 is 5.73 Å². The van der Waals surface area contributed by atoms with Crippen molar-refractivity contribution in [1.29, 1.82) is 0 Å². The molecule has 2 rings (SSSR count). The maximum absolute atomic E-state index is 12.2. The molecule has 112 valence electrons. The van der Waals surface area contributed by atoms with Gasteiger partial charge in [0.15, 0.2) is 0 Å². The van der Waals surface area contributed by atoms with Crippen LogP contribution >= 0.6 is 11.8 Å². The van der Waals surface area contributed by atoms with Gasteiger partial charge in [0.2, 0.25) is 0 Å². The molecule has 2 aromatic rings. The molecule has 0 aliphatic heterocycles. The predicted molar refractivity (Wildman–Crippen MR) is 80.2 cm³/mol. The number of nitrogens with two attached hydrogens (primary N) is 1. The molecule has 0 heterocycles. The second-order valence-corrected chi connectivity index (χ2v) is 5.98. The van der Waals surface area contributed by atoms with Gasteiger partial charge < -0.3 is 5.73 Å². The Morgan fingerprint density at radius 3 is 1.90 bits per heavy atom. The SMILES string of the molecule is NC(Cc1ccccc1)Cc1ccc(SC(F)(F)F)cc1. The molecule has 0 amide bonds. The van der Waals surface area contributed by atoms with Crippen molar-refractivity contribution < 1.29 is 13.2 Å². The zero-order valence-electron chi connectivity index (χ0n) is 11.3. The van der Waals surface area contributed by atoms with E-state index >= 15 is 0 Å². The topological polar surface area (TPSA) is 26.0 Å². The Labute approximate surface area is 126 Å². The van der Waals surface area contributed by atoms with Crippen molar-refractivity contribution in [2.45, 2.75) is 29.3 Å². The van der Waals surface area contributed by atoms with Crippen LogP contribution in [-0.4, -0.2) is 11.6 Å². The van der Waals surface area contributed by atoms with Gasteiger partial charge >= 0.3 is 5.51 Å². The van der Waals surface area contributed by atoms with E-state index in [4.69, 9.17) is 5.73 Å². The lowest BCUT2D eigenvalue weighted by Gasteiger charge is -2.12. The average Bonchev–Trinajstić information content (AvgIpc) is 2.40. The zero-order valence-corrected chi connectivity index (χ0v) is 12.1. The highest BCUT2D eigenvalue weighted by molar-refractivity contribution is 8.00. The number of rotatable bonds is 5. The normalized spacial score (nSPS) is 13.1. The molecule has 0 aromatic heterocycles. The van der Waals surface area contributed by atoms with Crippen LogP contribution in [0, 0.1) is 0 Å². The molecule has 2 N–H and O–H groups in total. The third kappa shape index (κ3) is 5.81. The highest BCUT2D eigenvalue weighted by Crippen LogP contribution is 2.36. The summed E-state index contributed by atoms with van der Waals surface area (Å²) in [5.74, 6) is 0. The fraction of sp³-hybridized carbons (Fsp3) is 0.250. The van der Waals surface area contributed by atoms with E-state index in [1.807, 2.05) is 30.3 Å². The van der Waals surface area contributed by atoms with Gasteiger partial charge in [-0.05, 0) is 47.9 Å². The smallest absolute Gasteiger partial charge is 0.327 e. The summed E-state index contributed by atoms with van der Waals surface area (Å²) in [5, 5.41) is 0. The van der Waals surface area contributed by atoms with Crippen LogP contribution in [0.2, 0.25) is 0 Å². The highest BCUT2D eigenvalue weighted by atomic mass is 32.2. The third-order valence-electron chi connectivity index (χ3n) is 3.00. The number of hydrogen-bond donors (Lipinski definition) is 1. The van der Waals surface area contributed by atoms with Gasteiger partial charge in [0, 0.05) is 10.9 Å². The van der Waals surface area contributed by atoms with E-state index < -0.39 is 5.51 Å². The first kappa shape index (κ1) is 15.9. The quantitative estimate of drug-likeness (QED) is 0.828. The minimum absolute atomic E-state index is 0.0477. The van der Waals surface area contributed by atoms with Crippen LogP contribution in [0.5, 0.6) is 0 Å². The summed E-state index contributed by atoms with van der Waals surface area (Å²) in [5.41, 5.74) is 3.96. The van der Waals surface area contributed by atoms with Crippen molar-refractivity contribution in [3.63, 3.8) is 0 Å². The molecule has 2 aromatic carbocycles. The maximum atomic E-state index is 12.2. The Balaban J connectivity index is 1.91. The molecular formula is C16H16F3NS. The Hall–Kier alpha value is -1.46. The van der Waals surface area contributed by atoms with Gasteiger partial charge in [0.25, 0.3) is 0 Å². The minimum Gasteiger partial charge on any atom is -0.327 e. The Morgan fingerprint density at radius 1 is 0.857 bits per heavy atom. The molecule has 0 fully saturated rings. The van der Waals surface area contributed by atoms with Crippen LogP contribution in [0.3, 0.4) is 0 Å². The van der Waals surface area contributed by atoms with Crippen LogP contribution in [0.1, 0.15) is 11.1 Å². The average molecular weight is 311 g/mol. The van der Waals surface area contributed by atoms with Gasteiger partial charge in [-0.1, -0.05) is 42.5 Å². The zero-order chi connectivity index (χ0) is 15.3. The van der Waals surface area contributed by atoms with Gasteiger partial charge in [0.1, 0.15) is 0 Å². The fourth-order valence-corrected chi connectivity index (χ4v) is 2.66. The van der Waals surface area contributed by atoms with Gasteiger partial charge in [-0.3, -0.25) is 0 Å². The second kappa shape index (κ2) is 7.00. The van der Waals surface area contributed by atoms with Crippen LogP contribution in [0.25, 0.3) is 0 Å². The minimum atomic E-state index is -4.24. The van der Waals surface area contributed by atoms with E-state index in [0.717, 1.165) is 17.5 Å². The lowest BCUT2D eigenvalue weighted by Crippen LogP contribution is -2.25. The first-order valence-corrected chi connectivity index (χ1v) is 7.38. The van der Waals surface area contributed by atoms with Crippen LogP contribution in [-0.2, 0) is 12.8 Å². The van der Waals surface area contributed by atoms with Crippen molar-refractivity contribution in [1.82, 2.24) is 0 Å². The monoisotopic (exact) mass is 311 g/mol. The van der Waals surface area contributed by atoms with Crippen molar-refractivity contribution in [3.05, 3.63) is 65.7 Å². The summed E-state index contributed by atoms with van der Waals surface area (Å²) in [6, 6.07) is 16.3. The number of halogens is 3. The third-order valence-corrected chi connectivity index (χ3v) is 3.73. The molecule has 0 bridgehead atoms. The Kier molecular flexibility index (Phi) is 5.31. The standard InChI is InChI=1S/C16H16F3NS/c17-16(18,19)21-15-8-6-13(7-9-15)11-14(20)10-12-4-2-1-3-5-12/h1-9,14H,10-11,20H2. The molecule has 0 aliphatic carbocycles. The molecule has 1 nitrogen and oxygen atoms in total. The molecule has 5 heteroatoms. The summed E-state index contributed by atoms with van der Waals surface area (Å²) in [4.78, 5) is 0.197. The highest BCUT2D eigenvalue weighted by Gasteiger charge is 2.28. The Bertz CT molecular complexity index is 552. The second-order valence-electron chi connectivity index (χ2n) is 4.85. The van der Waals surface area contributed by atoms with E-state index in [-0.39, 0.29) is 22.7 Å². The molecule has 0 aliphatic rings. The largest absolute Gasteiger partial charge is 0.446 e. The van der Waals surface area contributed by atoms with Gasteiger partial charge in [-0.15, -0.1) is 0 Å². The van der Waals surface area contributed by atoms with E-state index in [2.05, 4.69) is 0 Å². The molecular weight excluding hydrogens is 295 g/mol. The summed E-state index contributed by atoms with van der Waals surface area (Å²) in [6.45, 7) is 0. The first-order chi connectivity index (χ1) is 9.92. The molecule has 0 spiro atoms. The number of benzene rings is 2. The molecule has 1 atom stereocenters. The fourth-order valence-electron chi connectivity index (χ4n) is 2.12. The van der Waals surface area contributed by atoms with Gasteiger partial charge in [0.05, 0.1) is 0 Å². The van der Waals surface area contributed by atoms with Crippen LogP contribution in [0.4, 0.5) is 13.2 Å². The number of alkyl halides is 3. The number of hydrogen-bond acceptors (Lipinski definition) is 2. The van der Waals surface area contributed by atoms with E-state index in [1.165, 1.54) is 12.1 Å². The summed E-state index contributed by atoms with van der Waals surface area (Å²) in [7, 11) is 0. The van der Waals surface area contributed by atoms with E-state index in [9.17, 15) is 13.2 Å². The maximum Gasteiger partial charge on any atom is 0.446 e. The molecule has 1 unspecified atom stereocenters. The lowest BCUT2D eigenvalue weighted by atomic mass is 10.00. The van der Waals surface area contributed by atoms with Crippen molar-refractivity contribution in [2.24, 2.45) is 5.73 Å². The summed E-state index contributed by atoms with van der Waals surface area (Å²) >= 11 is -0.100. The van der Waals surface area contributed by atoms with E-state index in [0.29, 0.717) is 6.42 Å². The molecule has 0 saturated carbocycles. The lowest BCUT2D eigenvalue weighted by molar-refractivity contribution is -0.0328. The van der Waals surface area contributed by atoms with Gasteiger partial charge in [-0.25, -0.2) is 0 Å². The van der Waals surface area contributed by atoms with E-state index in [1.54, 1.807) is 12.1 Å². The van der Waals surface area contributed by atoms with Crippen molar-refractivity contribution in [3.8, 4) is 0 Å². The molecule has 0 radical (unpaired) electrons. The first-order valence-electron chi connectivity index (χ1n) is 6.56. The summed E-state index contributed by atoms with van der Waals surface area (Å²) in [6.07, 6.45) is 1.39. The predicted octanol–water partition coefficient (Wildman–Crippen LogP) is 4.41. The molecule has 0 saturated heterocycles. The van der Waals surface area contributed by atoms with Crippen molar-refractivity contribution >= 4 is 11.8 Å². The van der Waals surface area contributed by atoms with Gasteiger partial charge in [-0.2, -0.15) is 13.2 Å². The molecule has 21 heavy (non-hydrogen) atoms. The number of thioether (sulfide) groups is 1. The van der Waals surface area contributed by atoms with Crippen LogP contribution in [0.15, 0.2) is 59.5 Å². The Morgan fingerprint density at radius 2 is 1.38 bits per heavy atom. The summed E-state index contributed by atoms with van der Waals surface area (Å²) < 4.78 is 36.7.